The number of hydrogen-bond donors (Lipinski definition) is 1. The number of phenols is 1. The molecule has 1 aliphatic carbocycles. The Kier molecular flexibility index (Phi) is 3.23. The molecule has 1 N–H and O–H groups in total. The lowest BCUT2D eigenvalue weighted by molar-refractivity contribution is 0.0939. The van der Waals surface area contributed by atoms with E-state index in [1.807, 2.05) is 37.3 Å². The second-order valence-corrected chi connectivity index (χ2v) is 5.79. The van der Waals surface area contributed by atoms with Crippen LogP contribution in [-0.4, -0.2) is 10.9 Å². The molecule has 0 radical (unpaired) electrons. The van der Waals surface area contributed by atoms with E-state index in [2.05, 4.69) is 0 Å². The summed E-state index contributed by atoms with van der Waals surface area (Å²) in [6, 6.07) is 11.3. The molecule has 0 spiro atoms. The van der Waals surface area contributed by atoms with Gasteiger partial charge in [0, 0.05) is 17.4 Å². The van der Waals surface area contributed by atoms with E-state index in [0.717, 1.165) is 11.1 Å². The maximum atomic E-state index is 12.4. The summed E-state index contributed by atoms with van der Waals surface area (Å²) in [6.07, 6.45) is 0. The van der Waals surface area contributed by atoms with Gasteiger partial charge in [0.15, 0.2) is 5.78 Å². The number of phenolic OH excluding ortho intramolecular Hbond substituents is 1. The average Bonchev–Trinajstić information content (AvgIpc) is 2.69. The Morgan fingerprint density at radius 2 is 1.75 bits per heavy atom. The Morgan fingerprint density at radius 3 is 2.40 bits per heavy atom. The van der Waals surface area contributed by atoms with Crippen LogP contribution in [0.15, 0.2) is 36.4 Å². The van der Waals surface area contributed by atoms with Crippen molar-refractivity contribution in [3.8, 4) is 5.75 Å². The van der Waals surface area contributed by atoms with Gasteiger partial charge in [0.25, 0.3) is 0 Å². The lowest BCUT2D eigenvalue weighted by atomic mass is 9.87. The van der Waals surface area contributed by atoms with Gasteiger partial charge in [0.2, 0.25) is 0 Å². The number of ketones is 1. The second kappa shape index (κ2) is 4.80. The van der Waals surface area contributed by atoms with Crippen LogP contribution >= 0.6 is 23.2 Å². The van der Waals surface area contributed by atoms with Crippen molar-refractivity contribution in [1.82, 2.24) is 0 Å². The van der Waals surface area contributed by atoms with Crippen molar-refractivity contribution in [1.29, 1.82) is 0 Å². The molecule has 0 aromatic heterocycles. The molecule has 1 aliphatic rings. The molecule has 2 aromatic carbocycles. The quantitative estimate of drug-likeness (QED) is 0.831. The highest BCUT2D eigenvalue weighted by Crippen LogP contribution is 2.49. The molecular formula is C16H12Cl2O2. The summed E-state index contributed by atoms with van der Waals surface area (Å²) in [4.78, 5) is 12.4. The molecule has 0 fully saturated rings. The Morgan fingerprint density at radius 1 is 1.10 bits per heavy atom. The topological polar surface area (TPSA) is 37.3 Å². The van der Waals surface area contributed by atoms with E-state index >= 15 is 0 Å². The second-order valence-electron chi connectivity index (χ2n) is 5.03. The molecule has 20 heavy (non-hydrogen) atoms. The maximum Gasteiger partial charge on any atom is 0.168 e. The van der Waals surface area contributed by atoms with Gasteiger partial charge >= 0.3 is 0 Å². The van der Waals surface area contributed by atoms with E-state index in [1.54, 1.807) is 6.07 Å². The first kappa shape index (κ1) is 13.5. The molecule has 0 unspecified atom stereocenters. The Balaban J connectivity index is 2.26. The van der Waals surface area contributed by atoms with Crippen LogP contribution in [-0.2, 0) is 0 Å². The zero-order valence-corrected chi connectivity index (χ0v) is 12.2. The average molecular weight is 307 g/mol. The monoisotopic (exact) mass is 306 g/mol. The Labute approximate surface area is 127 Å². The van der Waals surface area contributed by atoms with E-state index in [9.17, 15) is 9.90 Å². The summed E-state index contributed by atoms with van der Waals surface area (Å²) in [5.74, 6) is -0.430. The highest BCUT2D eigenvalue weighted by atomic mass is 35.5. The third kappa shape index (κ3) is 1.83. The van der Waals surface area contributed by atoms with Gasteiger partial charge in [0.05, 0.1) is 5.02 Å². The minimum atomic E-state index is -0.220. The lowest BCUT2D eigenvalue weighted by Crippen LogP contribution is -2.10. The fourth-order valence-corrected chi connectivity index (χ4v) is 3.35. The molecule has 0 aliphatic heterocycles. The molecule has 2 aromatic rings. The van der Waals surface area contributed by atoms with Crippen LogP contribution in [0.2, 0.25) is 10.0 Å². The van der Waals surface area contributed by atoms with E-state index in [0.29, 0.717) is 5.56 Å². The molecule has 0 saturated heterocycles. The number of fused-ring (bicyclic) bond motifs is 1. The van der Waals surface area contributed by atoms with Gasteiger partial charge in [-0.2, -0.15) is 0 Å². The number of hydrogen-bond acceptors (Lipinski definition) is 2. The van der Waals surface area contributed by atoms with Crippen molar-refractivity contribution in [3.63, 3.8) is 0 Å². The van der Waals surface area contributed by atoms with Gasteiger partial charge in [0.1, 0.15) is 10.8 Å². The number of benzene rings is 2. The molecule has 3 rings (SSSR count). The molecule has 0 amide bonds. The van der Waals surface area contributed by atoms with Crippen molar-refractivity contribution >= 4 is 29.0 Å². The van der Waals surface area contributed by atoms with Crippen molar-refractivity contribution in [3.05, 3.63) is 63.1 Å². The number of carbonyl (C=O) groups is 1. The van der Waals surface area contributed by atoms with Crippen LogP contribution in [0.3, 0.4) is 0 Å². The minimum absolute atomic E-state index is 0.0271. The summed E-state index contributed by atoms with van der Waals surface area (Å²) < 4.78 is 0. The first-order chi connectivity index (χ1) is 9.52. The maximum absolute atomic E-state index is 12.4. The van der Waals surface area contributed by atoms with Crippen LogP contribution in [0, 0.1) is 5.92 Å². The molecular weight excluding hydrogens is 295 g/mol. The third-order valence-corrected chi connectivity index (χ3v) is 4.73. The zero-order valence-electron chi connectivity index (χ0n) is 10.7. The first-order valence-electron chi connectivity index (χ1n) is 6.32. The molecule has 0 heterocycles. The standard InChI is InChI=1S/C16H12Cl2O2/c1-8-12(9-5-3-2-4-6-9)10-7-11(19)14(17)15(18)13(10)16(8)20/h2-8,12,19H,1H3/t8-,12+/m0/s1. The van der Waals surface area contributed by atoms with Crippen LogP contribution in [0.4, 0.5) is 0 Å². The minimum Gasteiger partial charge on any atom is -0.506 e. The number of halogens is 2. The van der Waals surface area contributed by atoms with Crippen LogP contribution in [0.1, 0.15) is 34.3 Å². The molecule has 0 bridgehead atoms. The van der Waals surface area contributed by atoms with E-state index in [4.69, 9.17) is 23.2 Å². The third-order valence-electron chi connectivity index (χ3n) is 3.87. The largest absolute Gasteiger partial charge is 0.506 e. The number of aromatic hydroxyl groups is 1. The van der Waals surface area contributed by atoms with E-state index in [-0.39, 0.29) is 33.4 Å². The summed E-state index contributed by atoms with van der Waals surface area (Å²) in [7, 11) is 0. The number of Topliss-reactive ketones (excluding diaryl/α,β-unsaturated/α-hetero) is 1. The summed E-state index contributed by atoms with van der Waals surface area (Å²) in [6.45, 7) is 1.88. The predicted molar refractivity (Wildman–Crippen MR) is 79.9 cm³/mol. The summed E-state index contributed by atoms with van der Waals surface area (Å²) >= 11 is 12.1. The van der Waals surface area contributed by atoms with Crippen molar-refractivity contribution in [2.45, 2.75) is 12.8 Å². The van der Waals surface area contributed by atoms with Crippen LogP contribution in [0.25, 0.3) is 0 Å². The summed E-state index contributed by atoms with van der Waals surface area (Å²) in [5, 5.41) is 10.1. The van der Waals surface area contributed by atoms with Crippen molar-refractivity contribution in [2.75, 3.05) is 0 Å². The fraction of sp³-hybridized carbons (Fsp3) is 0.188. The highest BCUT2D eigenvalue weighted by molar-refractivity contribution is 6.45. The number of carbonyl (C=O) groups excluding carboxylic acids is 1. The van der Waals surface area contributed by atoms with Gasteiger partial charge < -0.3 is 5.11 Å². The van der Waals surface area contributed by atoms with E-state index < -0.39 is 0 Å². The smallest absolute Gasteiger partial charge is 0.168 e. The van der Waals surface area contributed by atoms with Gasteiger partial charge in [-0.1, -0.05) is 60.5 Å². The summed E-state index contributed by atoms with van der Waals surface area (Å²) in [5.41, 5.74) is 2.22. The highest BCUT2D eigenvalue weighted by Gasteiger charge is 2.40. The van der Waals surface area contributed by atoms with Gasteiger partial charge in [-0.25, -0.2) is 0 Å². The van der Waals surface area contributed by atoms with E-state index in [1.165, 1.54) is 0 Å². The first-order valence-corrected chi connectivity index (χ1v) is 7.08. The van der Waals surface area contributed by atoms with Crippen LogP contribution < -0.4 is 0 Å². The molecule has 4 heteroatoms. The molecule has 0 saturated carbocycles. The Bertz CT molecular complexity index is 695. The van der Waals surface area contributed by atoms with Gasteiger partial charge in [-0.15, -0.1) is 0 Å². The number of rotatable bonds is 1. The van der Waals surface area contributed by atoms with Crippen molar-refractivity contribution < 1.29 is 9.90 Å². The zero-order chi connectivity index (χ0) is 14.4. The SMILES string of the molecule is C[C@@H]1C(=O)c2c(cc(O)c(Cl)c2Cl)[C@H]1c1ccccc1. The van der Waals surface area contributed by atoms with Crippen LogP contribution in [0.5, 0.6) is 5.75 Å². The van der Waals surface area contributed by atoms with Gasteiger partial charge in [-0.05, 0) is 17.2 Å². The Hall–Kier alpha value is -1.51. The molecule has 2 nitrogen and oxygen atoms in total. The van der Waals surface area contributed by atoms with Crippen molar-refractivity contribution in [2.24, 2.45) is 5.92 Å². The molecule has 102 valence electrons. The fourth-order valence-electron chi connectivity index (χ4n) is 2.90. The van der Waals surface area contributed by atoms with Gasteiger partial charge in [-0.3, -0.25) is 4.79 Å². The lowest BCUT2D eigenvalue weighted by Gasteiger charge is -2.16. The molecule has 2 atom stereocenters. The predicted octanol–water partition coefficient (Wildman–Crippen LogP) is 4.66. The normalized spacial score (nSPS) is 21.1.